The molecular formula is C17H26N4O2. The zero-order valence-electron chi connectivity index (χ0n) is 14.0. The van der Waals surface area contributed by atoms with E-state index in [1.54, 1.807) is 7.11 Å². The van der Waals surface area contributed by atoms with Gasteiger partial charge in [-0.25, -0.2) is 4.99 Å². The fourth-order valence-corrected chi connectivity index (χ4v) is 2.64. The van der Waals surface area contributed by atoms with Gasteiger partial charge in [-0.05, 0) is 31.4 Å². The van der Waals surface area contributed by atoms with Crippen molar-refractivity contribution in [3.63, 3.8) is 0 Å². The monoisotopic (exact) mass is 318 g/mol. The number of nitrogens with one attached hydrogen (secondary N) is 2. The fourth-order valence-electron chi connectivity index (χ4n) is 2.64. The van der Waals surface area contributed by atoms with E-state index in [0.29, 0.717) is 19.1 Å². The molecule has 0 aliphatic carbocycles. The number of para-hydroxylation sites is 1. The van der Waals surface area contributed by atoms with Crippen molar-refractivity contribution in [2.24, 2.45) is 4.99 Å². The number of aliphatic imine (C=N–C) groups is 1. The number of carbonyl (C=O) groups excluding carboxylic acids is 1. The molecule has 6 nitrogen and oxygen atoms in total. The Morgan fingerprint density at radius 2 is 2.17 bits per heavy atom. The molecule has 0 radical (unpaired) electrons. The zero-order chi connectivity index (χ0) is 16.5. The van der Waals surface area contributed by atoms with Crippen LogP contribution in [0.25, 0.3) is 0 Å². The molecule has 2 N–H and O–H groups in total. The smallest absolute Gasteiger partial charge is 0.248 e. The minimum Gasteiger partial charge on any atom is -0.383 e. The third kappa shape index (κ3) is 4.96. The number of hydrogen-bond acceptors (Lipinski definition) is 3. The Balaban J connectivity index is 1.99. The van der Waals surface area contributed by atoms with Gasteiger partial charge in [0, 0.05) is 32.4 Å². The van der Waals surface area contributed by atoms with Crippen LogP contribution in [-0.4, -0.2) is 51.8 Å². The van der Waals surface area contributed by atoms with Crippen LogP contribution in [0.15, 0.2) is 29.3 Å². The molecule has 1 amide bonds. The van der Waals surface area contributed by atoms with Gasteiger partial charge >= 0.3 is 0 Å². The lowest BCUT2D eigenvalue weighted by Crippen LogP contribution is -2.41. The van der Waals surface area contributed by atoms with Gasteiger partial charge in [0.15, 0.2) is 5.96 Å². The van der Waals surface area contributed by atoms with E-state index in [0.717, 1.165) is 31.6 Å². The van der Waals surface area contributed by atoms with Crippen molar-refractivity contribution in [3.05, 3.63) is 29.8 Å². The molecule has 1 heterocycles. The van der Waals surface area contributed by atoms with Crippen LogP contribution >= 0.6 is 0 Å². The van der Waals surface area contributed by atoms with Crippen molar-refractivity contribution in [1.29, 1.82) is 0 Å². The lowest BCUT2D eigenvalue weighted by molar-refractivity contribution is -0.117. The largest absolute Gasteiger partial charge is 0.383 e. The number of guanidine groups is 1. The first kappa shape index (κ1) is 17.3. The summed E-state index contributed by atoms with van der Waals surface area (Å²) in [5, 5.41) is 6.27. The zero-order valence-corrected chi connectivity index (χ0v) is 14.0. The molecule has 1 aliphatic heterocycles. The average Bonchev–Trinajstić information content (AvgIpc) is 2.59. The third-order valence-electron chi connectivity index (χ3n) is 3.73. The van der Waals surface area contributed by atoms with Crippen LogP contribution in [0, 0.1) is 0 Å². The number of rotatable bonds is 6. The number of amides is 1. The van der Waals surface area contributed by atoms with Gasteiger partial charge in [0.1, 0.15) is 6.54 Å². The maximum atomic E-state index is 12.5. The standard InChI is InChI=1S/C17H26N4O2/c1-3-18-17(19-10-12-23-2)20-13-16(22)21-11-6-8-14-7-4-5-9-15(14)21/h4-5,7,9H,3,6,8,10-13H2,1-2H3,(H2,18,19,20). The predicted octanol–water partition coefficient (Wildman–Crippen LogP) is 1.17. The Morgan fingerprint density at radius 3 is 2.96 bits per heavy atom. The van der Waals surface area contributed by atoms with Crippen LogP contribution in [0.2, 0.25) is 0 Å². The Morgan fingerprint density at radius 1 is 1.35 bits per heavy atom. The molecule has 0 bridgehead atoms. The number of methoxy groups -OCH3 is 1. The minimum absolute atomic E-state index is 0.0288. The van der Waals surface area contributed by atoms with Gasteiger partial charge in [-0.15, -0.1) is 0 Å². The maximum Gasteiger partial charge on any atom is 0.248 e. The van der Waals surface area contributed by atoms with Crippen molar-refractivity contribution >= 4 is 17.6 Å². The van der Waals surface area contributed by atoms with Gasteiger partial charge in [0.2, 0.25) is 5.91 Å². The summed E-state index contributed by atoms with van der Waals surface area (Å²) >= 11 is 0. The van der Waals surface area contributed by atoms with E-state index in [-0.39, 0.29) is 12.5 Å². The highest BCUT2D eigenvalue weighted by atomic mass is 16.5. The molecule has 1 aliphatic rings. The molecule has 0 unspecified atom stereocenters. The van der Waals surface area contributed by atoms with E-state index < -0.39 is 0 Å². The first-order chi connectivity index (χ1) is 11.3. The van der Waals surface area contributed by atoms with Crippen LogP contribution in [0.3, 0.4) is 0 Å². The van der Waals surface area contributed by atoms with Gasteiger partial charge in [0.25, 0.3) is 0 Å². The second kappa shape index (κ2) is 9.15. The molecule has 0 saturated heterocycles. The molecule has 0 spiro atoms. The number of hydrogen-bond donors (Lipinski definition) is 2. The van der Waals surface area contributed by atoms with E-state index in [9.17, 15) is 4.79 Å². The van der Waals surface area contributed by atoms with Crippen molar-refractivity contribution in [3.8, 4) is 0 Å². The number of carbonyl (C=O) groups is 1. The van der Waals surface area contributed by atoms with Gasteiger partial charge in [-0.3, -0.25) is 4.79 Å². The predicted molar refractivity (Wildman–Crippen MR) is 93.0 cm³/mol. The van der Waals surface area contributed by atoms with Crippen LogP contribution in [0.5, 0.6) is 0 Å². The van der Waals surface area contributed by atoms with Crippen molar-refractivity contribution in [1.82, 2.24) is 10.6 Å². The quantitative estimate of drug-likeness (QED) is 0.469. The molecule has 23 heavy (non-hydrogen) atoms. The third-order valence-corrected chi connectivity index (χ3v) is 3.73. The fraction of sp³-hybridized carbons (Fsp3) is 0.529. The minimum atomic E-state index is 0.0288. The summed E-state index contributed by atoms with van der Waals surface area (Å²) < 4.78 is 5.01. The van der Waals surface area contributed by atoms with Crippen LogP contribution in [0.1, 0.15) is 18.9 Å². The Bertz CT molecular complexity index is 545. The lowest BCUT2D eigenvalue weighted by atomic mass is 10.0. The number of nitrogens with zero attached hydrogens (tertiary/aromatic N) is 2. The van der Waals surface area contributed by atoms with Gasteiger partial charge in [-0.2, -0.15) is 0 Å². The summed E-state index contributed by atoms with van der Waals surface area (Å²) in [6, 6.07) is 8.10. The molecule has 126 valence electrons. The maximum absolute atomic E-state index is 12.5. The molecule has 0 atom stereocenters. The summed E-state index contributed by atoms with van der Waals surface area (Å²) in [6.45, 7) is 4.90. The molecule has 1 aromatic rings. The van der Waals surface area contributed by atoms with Gasteiger partial charge in [-0.1, -0.05) is 18.2 Å². The molecule has 0 aromatic heterocycles. The van der Waals surface area contributed by atoms with E-state index in [1.807, 2.05) is 30.0 Å². The van der Waals surface area contributed by atoms with Crippen molar-refractivity contribution in [2.45, 2.75) is 19.8 Å². The molecular weight excluding hydrogens is 292 g/mol. The second-order valence-electron chi connectivity index (χ2n) is 5.39. The Hall–Kier alpha value is -2.08. The molecule has 6 heteroatoms. The average molecular weight is 318 g/mol. The second-order valence-corrected chi connectivity index (χ2v) is 5.39. The molecule has 1 aromatic carbocycles. The molecule has 0 fully saturated rings. The molecule has 2 rings (SSSR count). The van der Waals surface area contributed by atoms with Gasteiger partial charge in [0.05, 0.1) is 6.61 Å². The number of aryl methyl sites for hydroxylation is 1. The van der Waals surface area contributed by atoms with Crippen molar-refractivity contribution in [2.75, 3.05) is 44.8 Å². The SMILES string of the molecule is CCNC(=NCC(=O)N1CCCc2ccccc21)NCCOC. The topological polar surface area (TPSA) is 66.0 Å². The highest BCUT2D eigenvalue weighted by Crippen LogP contribution is 2.26. The number of anilines is 1. The Labute approximate surface area is 137 Å². The Kier molecular flexibility index (Phi) is 6.87. The lowest BCUT2D eigenvalue weighted by Gasteiger charge is -2.29. The van der Waals surface area contributed by atoms with Crippen LogP contribution in [-0.2, 0) is 16.0 Å². The number of ether oxygens (including phenoxy) is 1. The van der Waals surface area contributed by atoms with E-state index in [2.05, 4.69) is 21.7 Å². The summed E-state index contributed by atoms with van der Waals surface area (Å²) in [6.07, 6.45) is 2.03. The normalized spacial score (nSPS) is 14.3. The molecule has 0 saturated carbocycles. The first-order valence-corrected chi connectivity index (χ1v) is 8.15. The highest BCUT2D eigenvalue weighted by Gasteiger charge is 2.21. The summed E-state index contributed by atoms with van der Waals surface area (Å²) in [4.78, 5) is 18.8. The van der Waals surface area contributed by atoms with Gasteiger partial charge < -0.3 is 20.3 Å². The van der Waals surface area contributed by atoms with E-state index in [1.165, 1.54) is 5.56 Å². The number of fused-ring (bicyclic) bond motifs is 1. The van der Waals surface area contributed by atoms with Crippen LogP contribution < -0.4 is 15.5 Å². The summed E-state index contributed by atoms with van der Waals surface area (Å²) in [5.41, 5.74) is 2.26. The first-order valence-electron chi connectivity index (χ1n) is 8.15. The highest BCUT2D eigenvalue weighted by molar-refractivity contribution is 5.97. The van der Waals surface area contributed by atoms with Crippen molar-refractivity contribution < 1.29 is 9.53 Å². The van der Waals surface area contributed by atoms with Crippen LogP contribution in [0.4, 0.5) is 5.69 Å². The summed E-state index contributed by atoms with van der Waals surface area (Å²) in [5.74, 6) is 0.671. The summed E-state index contributed by atoms with van der Waals surface area (Å²) in [7, 11) is 1.66. The van der Waals surface area contributed by atoms with E-state index in [4.69, 9.17) is 4.74 Å². The number of benzene rings is 1. The van der Waals surface area contributed by atoms with E-state index >= 15 is 0 Å².